The van der Waals surface area contributed by atoms with E-state index in [0.29, 0.717) is 17.6 Å². The number of carbonyl (C=O) groups excluding carboxylic acids is 1. The van der Waals surface area contributed by atoms with Crippen LogP contribution in [0, 0.1) is 10.5 Å². The summed E-state index contributed by atoms with van der Waals surface area (Å²) in [5.41, 5.74) is 1.92. The van der Waals surface area contributed by atoms with Crippen molar-refractivity contribution >= 4 is 45.9 Å². The molecule has 1 N–H and O–H groups in total. The summed E-state index contributed by atoms with van der Waals surface area (Å²) >= 11 is 3.57. The van der Waals surface area contributed by atoms with Gasteiger partial charge in [0.1, 0.15) is 12.4 Å². The number of nitrogens with zero attached hydrogens (tertiary/aromatic N) is 3. The van der Waals surface area contributed by atoms with Gasteiger partial charge in [0.25, 0.3) is 0 Å². The lowest BCUT2D eigenvalue weighted by Gasteiger charge is -2.07. The number of nitrogens with one attached hydrogen (secondary N) is 1. The number of hydrogen-bond acceptors (Lipinski definition) is 5. The van der Waals surface area contributed by atoms with Crippen LogP contribution in [-0.4, -0.2) is 26.4 Å². The highest BCUT2D eigenvalue weighted by Crippen LogP contribution is 2.19. The van der Waals surface area contributed by atoms with Crippen molar-refractivity contribution in [3.8, 4) is 5.75 Å². The lowest BCUT2D eigenvalue weighted by molar-refractivity contribution is -0.113. The summed E-state index contributed by atoms with van der Waals surface area (Å²) in [6.45, 7) is 2.34. The third-order valence-corrected chi connectivity index (χ3v) is 5.48. The molecule has 0 bridgehead atoms. The van der Waals surface area contributed by atoms with Gasteiger partial charge in [-0.1, -0.05) is 23.9 Å². The minimum Gasteiger partial charge on any atom is -0.486 e. The molecule has 3 aromatic rings. The fourth-order valence-corrected chi connectivity index (χ4v) is 3.40. The van der Waals surface area contributed by atoms with E-state index >= 15 is 0 Å². The maximum absolute atomic E-state index is 12.1. The zero-order chi connectivity index (χ0) is 19.2. The number of amides is 1. The first-order valence-corrected chi connectivity index (χ1v) is 10.3. The minimum absolute atomic E-state index is 0.0817. The molecule has 27 heavy (non-hydrogen) atoms. The van der Waals surface area contributed by atoms with Gasteiger partial charge < -0.3 is 14.6 Å². The van der Waals surface area contributed by atoms with Crippen molar-refractivity contribution in [2.75, 3.05) is 11.1 Å². The average Bonchev–Trinajstić information content (AvgIpc) is 3.00. The first-order chi connectivity index (χ1) is 13.0. The van der Waals surface area contributed by atoms with Crippen molar-refractivity contribution < 1.29 is 9.53 Å². The van der Waals surface area contributed by atoms with Crippen LogP contribution in [0.5, 0.6) is 5.75 Å². The number of ether oxygens (including phenoxy) is 1. The number of aryl methyl sites for hydroxylation is 1. The van der Waals surface area contributed by atoms with Crippen LogP contribution >= 0.6 is 34.4 Å². The van der Waals surface area contributed by atoms with E-state index in [1.807, 2.05) is 67.1 Å². The quantitative estimate of drug-likeness (QED) is 0.397. The molecule has 2 aromatic carbocycles. The van der Waals surface area contributed by atoms with E-state index in [4.69, 9.17) is 4.74 Å². The van der Waals surface area contributed by atoms with Crippen molar-refractivity contribution in [3.63, 3.8) is 0 Å². The molecular formula is C19H19IN4O2S. The predicted molar refractivity (Wildman–Crippen MR) is 115 cm³/mol. The van der Waals surface area contributed by atoms with Gasteiger partial charge in [-0.2, -0.15) is 0 Å². The van der Waals surface area contributed by atoms with Gasteiger partial charge in [-0.3, -0.25) is 4.79 Å². The Bertz CT molecular complexity index is 928. The number of aromatic nitrogens is 3. The molecule has 0 atom stereocenters. The van der Waals surface area contributed by atoms with Gasteiger partial charge in [0, 0.05) is 16.3 Å². The third-order valence-electron chi connectivity index (χ3n) is 3.74. The molecular weight excluding hydrogens is 475 g/mol. The maximum atomic E-state index is 12.1. The van der Waals surface area contributed by atoms with Crippen LogP contribution in [0.3, 0.4) is 0 Å². The topological polar surface area (TPSA) is 69.0 Å². The number of halogens is 1. The number of benzene rings is 2. The Morgan fingerprint density at radius 3 is 2.74 bits per heavy atom. The molecule has 1 aromatic heterocycles. The molecule has 8 heteroatoms. The number of thioether (sulfide) groups is 1. The number of rotatable bonds is 7. The Kier molecular flexibility index (Phi) is 6.73. The average molecular weight is 494 g/mol. The molecule has 0 radical (unpaired) electrons. The molecule has 0 aliphatic carbocycles. The normalized spacial score (nSPS) is 10.6. The van der Waals surface area contributed by atoms with E-state index in [1.165, 1.54) is 11.8 Å². The molecule has 0 saturated carbocycles. The maximum Gasteiger partial charge on any atom is 0.234 e. The summed E-state index contributed by atoms with van der Waals surface area (Å²) in [6.07, 6.45) is 0. The van der Waals surface area contributed by atoms with Crippen LogP contribution < -0.4 is 10.1 Å². The summed E-state index contributed by atoms with van der Waals surface area (Å²) in [4.78, 5) is 12.1. The van der Waals surface area contributed by atoms with Crippen LogP contribution in [0.25, 0.3) is 0 Å². The predicted octanol–water partition coefficient (Wildman–Crippen LogP) is 4.04. The van der Waals surface area contributed by atoms with Crippen LogP contribution in [0.1, 0.15) is 11.4 Å². The summed E-state index contributed by atoms with van der Waals surface area (Å²) in [5, 5.41) is 11.9. The number of hydrogen-bond donors (Lipinski definition) is 1. The monoisotopic (exact) mass is 494 g/mol. The minimum atomic E-state index is -0.0817. The Morgan fingerprint density at radius 2 is 2.00 bits per heavy atom. The highest BCUT2D eigenvalue weighted by atomic mass is 127. The lowest BCUT2D eigenvalue weighted by atomic mass is 10.2. The highest BCUT2D eigenvalue weighted by Gasteiger charge is 2.12. The molecule has 1 heterocycles. The fourth-order valence-electron chi connectivity index (χ4n) is 2.31. The van der Waals surface area contributed by atoms with Crippen molar-refractivity contribution in [2.45, 2.75) is 18.7 Å². The second-order valence-corrected chi connectivity index (χ2v) is 8.09. The van der Waals surface area contributed by atoms with E-state index in [0.717, 1.165) is 20.6 Å². The Morgan fingerprint density at radius 1 is 1.22 bits per heavy atom. The zero-order valence-electron chi connectivity index (χ0n) is 15.0. The third kappa shape index (κ3) is 5.70. The highest BCUT2D eigenvalue weighted by molar-refractivity contribution is 14.1. The van der Waals surface area contributed by atoms with Gasteiger partial charge in [-0.25, -0.2) is 0 Å². The fraction of sp³-hybridized carbons (Fsp3) is 0.211. The van der Waals surface area contributed by atoms with Gasteiger partial charge in [0.2, 0.25) is 5.91 Å². The summed E-state index contributed by atoms with van der Waals surface area (Å²) in [6, 6.07) is 15.5. The molecule has 0 spiro atoms. The molecule has 3 rings (SSSR count). The molecule has 0 fully saturated rings. The van der Waals surface area contributed by atoms with E-state index in [2.05, 4.69) is 38.1 Å². The van der Waals surface area contributed by atoms with Crippen LogP contribution in [-0.2, 0) is 18.4 Å². The van der Waals surface area contributed by atoms with Crippen LogP contribution in [0.2, 0.25) is 0 Å². The molecule has 6 nitrogen and oxygen atoms in total. The molecule has 0 unspecified atom stereocenters. The van der Waals surface area contributed by atoms with Crippen molar-refractivity contribution in [1.29, 1.82) is 0 Å². The molecule has 0 aliphatic rings. The van der Waals surface area contributed by atoms with Crippen molar-refractivity contribution in [1.82, 2.24) is 14.8 Å². The first-order valence-electron chi connectivity index (χ1n) is 8.27. The van der Waals surface area contributed by atoms with Gasteiger partial charge >= 0.3 is 0 Å². The van der Waals surface area contributed by atoms with Crippen LogP contribution in [0.15, 0.2) is 53.7 Å². The Labute approximate surface area is 175 Å². The Hall–Kier alpha value is -2.07. The standard InChI is InChI=1S/C19H19IN4O2S/c1-13-4-3-5-16(10-13)26-11-17-22-23-19(24(17)2)27-12-18(25)21-15-8-6-14(20)7-9-15/h3-10H,11-12H2,1-2H3,(H,21,25). The van der Waals surface area contributed by atoms with Gasteiger partial charge in [-0.15, -0.1) is 10.2 Å². The molecule has 1 amide bonds. The van der Waals surface area contributed by atoms with E-state index in [-0.39, 0.29) is 11.7 Å². The number of anilines is 1. The second-order valence-electron chi connectivity index (χ2n) is 5.91. The van der Waals surface area contributed by atoms with E-state index < -0.39 is 0 Å². The summed E-state index contributed by atoms with van der Waals surface area (Å²) < 4.78 is 8.74. The first kappa shape index (κ1) is 19.7. The summed E-state index contributed by atoms with van der Waals surface area (Å²) in [5.74, 6) is 1.68. The number of carbonyl (C=O) groups is 1. The molecule has 140 valence electrons. The van der Waals surface area contributed by atoms with E-state index in [1.54, 1.807) is 0 Å². The van der Waals surface area contributed by atoms with Crippen molar-refractivity contribution in [3.05, 3.63) is 63.5 Å². The SMILES string of the molecule is Cc1cccc(OCc2nnc(SCC(=O)Nc3ccc(I)cc3)n2C)c1. The lowest BCUT2D eigenvalue weighted by Crippen LogP contribution is -2.14. The second kappa shape index (κ2) is 9.23. The van der Waals surface area contributed by atoms with Gasteiger partial charge in [0.15, 0.2) is 11.0 Å². The molecule has 0 saturated heterocycles. The van der Waals surface area contributed by atoms with E-state index in [9.17, 15) is 4.79 Å². The smallest absolute Gasteiger partial charge is 0.234 e. The van der Waals surface area contributed by atoms with Gasteiger partial charge in [-0.05, 0) is 71.5 Å². The largest absolute Gasteiger partial charge is 0.486 e. The zero-order valence-corrected chi connectivity index (χ0v) is 18.0. The van der Waals surface area contributed by atoms with Gasteiger partial charge in [0.05, 0.1) is 5.75 Å². The Balaban J connectivity index is 1.52. The van der Waals surface area contributed by atoms with Crippen LogP contribution in [0.4, 0.5) is 5.69 Å². The summed E-state index contributed by atoms with van der Waals surface area (Å²) in [7, 11) is 1.87. The van der Waals surface area contributed by atoms with Crippen molar-refractivity contribution in [2.24, 2.45) is 7.05 Å². The molecule has 0 aliphatic heterocycles.